The number of pyridine rings is 1. The first kappa shape index (κ1) is 24.2. The van der Waals surface area contributed by atoms with Crippen LogP contribution in [0, 0.1) is 18.7 Å². The zero-order valence-electron chi connectivity index (χ0n) is 15.3. The zero-order valence-corrected chi connectivity index (χ0v) is 18.6. The lowest BCUT2D eigenvalue weighted by Gasteiger charge is -2.08. The fourth-order valence-electron chi connectivity index (χ4n) is 3.14. The van der Waals surface area contributed by atoms with Crippen LogP contribution in [-0.2, 0) is 4.79 Å². The highest BCUT2D eigenvalue weighted by molar-refractivity contribution is 7.22. The summed E-state index contributed by atoms with van der Waals surface area (Å²) in [4.78, 5) is 21.4. The number of benzene rings is 1. The average molecular weight is 495 g/mol. The molecule has 0 bridgehead atoms. The van der Waals surface area contributed by atoms with Crippen molar-refractivity contribution in [2.45, 2.75) is 19.5 Å². The van der Waals surface area contributed by atoms with Gasteiger partial charge < -0.3 is 5.32 Å². The van der Waals surface area contributed by atoms with Crippen LogP contribution in [0.2, 0.25) is 0 Å². The topological polar surface area (TPSA) is 83.6 Å². The van der Waals surface area contributed by atoms with Crippen molar-refractivity contribution in [1.82, 2.24) is 20.2 Å². The molecule has 6 nitrogen and oxygen atoms in total. The summed E-state index contributed by atoms with van der Waals surface area (Å²) >= 11 is 1.20. The lowest BCUT2D eigenvalue weighted by molar-refractivity contribution is -0.117. The normalized spacial score (nSPS) is 17.0. The standard InChI is InChI=1S/C18H13F2N5OS.3ClH/c1-7-10(19)5-14-9(6-21-25-14)15(7)12-2-3-13-17(22-12)27-18(23-13)24-16(26)8-4-11(8)20;;;/h2-3,5-6,8,11H,4H2,1H3,(H,21,25)(H,23,24,26);3*1H/t8-,11+;;;/m1.../s1. The van der Waals surface area contributed by atoms with Gasteiger partial charge in [-0.3, -0.25) is 9.89 Å². The average Bonchev–Trinajstić information content (AvgIpc) is 3.02. The van der Waals surface area contributed by atoms with Crippen LogP contribution >= 0.6 is 48.6 Å². The van der Waals surface area contributed by atoms with E-state index in [4.69, 9.17) is 0 Å². The summed E-state index contributed by atoms with van der Waals surface area (Å²) < 4.78 is 27.3. The number of hydrogen-bond donors (Lipinski definition) is 2. The molecule has 1 aromatic carbocycles. The van der Waals surface area contributed by atoms with Crippen LogP contribution in [0.5, 0.6) is 0 Å². The first-order valence-corrected chi connectivity index (χ1v) is 9.18. The largest absolute Gasteiger partial charge is 0.302 e. The molecule has 0 saturated heterocycles. The van der Waals surface area contributed by atoms with Gasteiger partial charge in [-0.1, -0.05) is 11.3 Å². The van der Waals surface area contributed by atoms with Crippen molar-refractivity contribution in [2.75, 3.05) is 5.32 Å². The molecule has 1 saturated carbocycles. The first-order valence-electron chi connectivity index (χ1n) is 8.36. The Morgan fingerprint density at radius 2 is 2.00 bits per heavy atom. The molecule has 0 spiro atoms. The Morgan fingerprint density at radius 1 is 1.27 bits per heavy atom. The summed E-state index contributed by atoms with van der Waals surface area (Å²) in [5, 5.41) is 10.6. The molecule has 0 unspecified atom stereocenters. The summed E-state index contributed by atoms with van der Waals surface area (Å²) in [5.41, 5.74) is 2.95. The van der Waals surface area contributed by atoms with Crippen molar-refractivity contribution in [3.8, 4) is 11.3 Å². The Bertz CT molecular complexity index is 1230. The Labute approximate surface area is 192 Å². The number of H-pyrrole nitrogens is 1. The molecule has 0 aliphatic heterocycles. The Balaban J connectivity index is 0.00000107. The fraction of sp³-hybridized carbons (Fsp3) is 0.222. The number of aromatic nitrogens is 4. The molecule has 0 radical (unpaired) electrons. The number of thiazole rings is 1. The van der Waals surface area contributed by atoms with Gasteiger partial charge in [0.15, 0.2) is 5.13 Å². The van der Waals surface area contributed by atoms with E-state index in [1.54, 1.807) is 25.3 Å². The minimum Gasteiger partial charge on any atom is -0.302 e. The Hall–Kier alpha value is -2.07. The van der Waals surface area contributed by atoms with Gasteiger partial charge in [-0.2, -0.15) is 5.10 Å². The molecule has 160 valence electrons. The second-order valence-corrected chi connectivity index (χ2v) is 7.55. The lowest BCUT2D eigenvalue weighted by Crippen LogP contribution is -2.14. The van der Waals surface area contributed by atoms with Gasteiger partial charge in [0, 0.05) is 10.9 Å². The molecule has 12 heteroatoms. The highest BCUT2D eigenvalue weighted by Gasteiger charge is 2.43. The summed E-state index contributed by atoms with van der Waals surface area (Å²) in [7, 11) is 0. The van der Waals surface area contributed by atoms with Crippen molar-refractivity contribution in [3.63, 3.8) is 0 Å². The van der Waals surface area contributed by atoms with E-state index in [9.17, 15) is 13.6 Å². The predicted octanol–water partition coefficient (Wildman–Crippen LogP) is 5.24. The van der Waals surface area contributed by atoms with Gasteiger partial charge in [0.05, 0.1) is 23.3 Å². The summed E-state index contributed by atoms with van der Waals surface area (Å²) in [5.74, 6) is -1.28. The minimum absolute atomic E-state index is 0. The van der Waals surface area contributed by atoms with E-state index in [-0.39, 0.29) is 55.4 Å². The molecule has 3 aromatic heterocycles. The number of nitrogens with zero attached hydrogens (tertiary/aromatic N) is 3. The Kier molecular flexibility index (Phi) is 7.24. The molecule has 2 N–H and O–H groups in total. The number of carbonyl (C=O) groups excluding carboxylic acids is 1. The predicted molar refractivity (Wildman–Crippen MR) is 121 cm³/mol. The highest BCUT2D eigenvalue weighted by Crippen LogP contribution is 2.36. The number of alkyl halides is 1. The minimum atomic E-state index is -1.06. The van der Waals surface area contributed by atoms with E-state index in [1.807, 2.05) is 0 Å². The van der Waals surface area contributed by atoms with Crippen LogP contribution in [-0.4, -0.2) is 32.2 Å². The number of hydrogen-bond acceptors (Lipinski definition) is 5. The number of nitrogens with one attached hydrogen (secondary N) is 2. The molecular formula is C18H16Cl3F2N5OS. The highest BCUT2D eigenvalue weighted by atomic mass is 35.5. The van der Waals surface area contributed by atoms with E-state index < -0.39 is 12.1 Å². The molecule has 1 aliphatic carbocycles. The van der Waals surface area contributed by atoms with E-state index in [1.165, 1.54) is 17.4 Å². The number of anilines is 1. The molecule has 1 amide bonds. The van der Waals surface area contributed by atoms with Crippen LogP contribution in [0.25, 0.3) is 32.5 Å². The van der Waals surface area contributed by atoms with Crippen LogP contribution in [0.3, 0.4) is 0 Å². The van der Waals surface area contributed by atoms with Gasteiger partial charge >= 0.3 is 0 Å². The molecule has 1 fully saturated rings. The van der Waals surface area contributed by atoms with Crippen LogP contribution in [0.15, 0.2) is 24.4 Å². The van der Waals surface area contributed by atoms with E-state index in [0.29, 0.717) is 37.8 Å². The maximum Gasteiger partial charge on any atom is 0.232 e. The monoisotopic (exact) mass is 493 g/mol. The zero-order chi connectivity index (χ0) is 18.7. The maximum atomic E-state index is 14.3. The lowest BCUT2D eigenvalue weighted by atomic mass is 10.0. The van der Waals surface area contributed by atoms with Gasteiger partial charge in [0.1, 0.15) is 22.3 Å². The number of amides is 1. The van der Waals surface area contributed by atoms with E-state index in [0.717, 1.165) is 5.39 Å². The van der Waals surface area contributed by atoms with Crippen LogP contribution in [0.1, 0.15) is 12.0 Å². The van der Waals surface area contributed by atoms with Crippen molar-refractivity contribution in [2.24, 2.45) is 5.92 Å². The van der Waals surface area contributed by atoms with Crippen LogP contribution < -0.4 is 5.32 Å². The van der Waals surface area contributed by atoms with Gasteiger partial charge in [-0.25, -0.2) is 18.7 Å². The van der Waals surface area contributed by atoms with E-state index in [2.05, 4.69) is 25.5 Å². The first-order chi connectivity index (χ1) is 13.0. The fourth-order valence-corrected chi connectivity index (χ4v) is 3.98. The van der Waals surface area contributed by atoms with Gasteiger partial charge in [-0.05, 0) is 37.1 Å². The Morgan fingerprint density at radius 3 is 2.70 bits per heavy atom. The number of halogens is 5. The van der Waals surface area contributed by atoms with Gasteiger partial charge in [-0.15, -0.1) is 37.2 Å². The smallest absolute Gasteiger partial charge is 0.232 e. The van der Waals surface area contributed by atoms with Crippen molar-refractivity contribution in [1.29, 1.82) is 0 Å². The number of rotatable bonds is 3. The van der Waals surface area contributed by atoms with Crippen molar-refractivity contribution in [3.05, 3.63) is 35.8 Å². The van der Waals surface area contributed by atoms with Crippen molar-refractivity contribution >= 4 is 80.8 Å². The van der Waals surface area contributed by atoms with E-state index >= 15 is 0 Å². The second-order valence-electron chi connectivity index (χ2n) is 6.58. The number of aromatic amines is 1. The molecule has 2 atom stereocenters. The van der Waals surface area contributed by atoms with Crippen molar-refractivity contribution < 1.29 is 13.6 Å². The maximum absolute atomic E-state index is 14.3. The van der Waals surface area contributed by atoms with Gasteiger partial charge in [0.25, 0.3) is 0 Å². The number of fused-ring (bicyclic) bond motifs is 2. The quantitative estimate of drug-likeness (QED) is 0.408. The molecule has 30 heavy (non-hydrogen) atoms. The second kappa shape index (κ2) is 8.97. The summed E-state index contributed by atoms with van der Waals surface area (Å²) in [6.45, 7) is 1.70. The summed E-state index contributed by atoms with van der Waals surface area (Å²) in [6.07, 6.45) is 0.848. The molecule has 4 aromatic rings. The van der Waals surface area contributed by atoms with Gasteiger partial charge in [0.2, 0.25) is 5.91 Å². The molecule has 5 rings (SSSR count). The molecular weight excluding hydrogens is 479 g/mol. The third-order valence-corrected chi connectivity index (χ3v) is 5.61. The third kappa shape index (κ3) is 4.07. The number of carbonyl (C=O) groups is 1. The molecule has 3 heterocycles. The third-order valence-electron chi connectivity index (χ3n) is 4.73. The van der Waals surface area contributed by atoms with Crippen LogP contribution in [0.4, 0.5) is 13.9 Å². The SMILES string of the molecule is Cc1c(F)cc2[nH]ncc2c1-c1ccc2nc(NC(=O)[C@@H]3C[C@@H]3F)sc2n1.Cl.Cl.Cl. The molecule has 1 aliphatic rings. The summed E-state index contributed by atoms with van der Waals surface area (Å²) in [6, 6.07) is 4.95.